The molecule has 0 radical (unpaired) electrons. The average molecular weight is 285 g/mol. The summed E-state index contributed by atoms with van der Waals surface area (Å²) < 4.78 is 4.91. The number of hydrogen-bond acceptors (Lipinski definition) is 7. The van der Waals surface area contributed by atoms with Gasteiger partial charge in [-0.25, -0.2) is 4.79 Å². The maximum atomic E-state index is 11.5. The summed E-state index contributed by atoms with van der Waals surface area (Å²) in [7, 11) is 0. The number of hydrogen-bond donors (Lipinski definition) is 2. The highest BCUT2D eigenvalue weighted by molar-refractivity contribution is 5.89. The van der Waals surface area contributed by atoms with Crippen molar-refractivity contribution < 1.29 is 9.53 Å². The third kappa shape index (κ3) is 4.00. The van der Waals surface area contributed by atoms with Crippen LogP contribution in [0.25, 0.3) is 12.2 Å². The minimum atomic E-state index is -0.342. The molecule has 0 amide bonds. The normalized spacial score (nSPS) is 10.7. The number of ether oxygens (including phenoxy) is 1. The van der Waals surface area contributed by atoms with E-state index in [1.165, 1.54) is 0 Å². The molecule has 0 aliphatic carbocycles. The molecular formula is C14H15N5O2. The summed E-state index contributed by atoms with van der Waals surface area (Å²) in [5, 5.41) is 0. The van der Waals surface area contributed by atoms with Crippen LogP contribution in [0.1, 0.15) is 28.7 Å². The fraction of sp³-hybridized carbons (Fsp3) is 0.143. The lowest BCUT2D eigenvalue weighted by atomic mass is 10.1. The zero-order chi connectivity index (χ0) is 15.2. The van der Waals surface area contributed by atoms with Gasteiger partial charge in [0.05, 0.1) is 12.2 Å². The predicted octanol–water partition coefficient (Wildman–Crippen LogP) is 1.38. The standard InChI is InChI=1S/C14H15N5O2/c1-2-21-12(20)10-6-3-9(4-7-10)5-8-11-17-13(15)19-14(16)18-11/h3-8H,2H2,1H3,(H4,15,16,17,18,19)/b8-5+. The Hall–Kier alpha value is -2.96. The van der Waals surface area contributed by atoms with Crippen LogP contribution in [-0.4, -0.2) is 27.5 Å². The fourth-order valence-electron chi connectivity index (χ4n) is 1.62. The quantitative estimate of drug-likeness (QED) is 0.815. The monoisotopic (exact) mass is 285 g/mol. The van der Waals surface area contributed by atoms with E-state index in [1.54, 1.807) is 43.3 Å². The van der Waals surface area contributed by atoms with Crippen molar-refractivity contribution in [2.45, 2.75) is 6.92 Å². The Kier molecular flexibility index (Phi) is 4.45. The highest BCUT2D eigenvalue weighted by atomic mass is 16.5. The van der Waals surface area contributed by atoms with Gasteiger partial charge in [0.15, 0.2) is 5.82 Å². The maximum absolute atomic E-state index is 11.5. The van der Waals surface area contributed by atoms with Gasteiger partial charge in [0, 0.05) is 0 Å². The summed E-state index contributed by atoms with van der Waals surface area (Å²) in [5.41, 5.74) is 12.3. The molecule has 1 aromatic heterocycles. The molecule has 2 aromatic rings. The minimum Gasteiger partial charge on any atom is -0.462 e. The Bertz CT molecular complexity index is 647. The number of aromatic nitrogens is 3. The van der Waals surface area contributed by atoms with E-state index in [2.05, 4.69) is 15.0 Å². The first-order valence-corrected chi connectivity index (χ1v) is 6.31. The van der Waals surface area contributed by atoms with Crippen molar-refractivity contribution in [1.29, 1.82) is 0 Å². The Balaban J connectivity index is 2.12. The summed E-state index contributed by atoms with van der Waals surface area (Å²) in [6.45, 7) is 2.11. The molecule has 7 heteroatoms. The van der Waals surface area contributed by atoms with Crippen LogP contribution in [0.2, 0.25) is 0 Å². The number of benzene rings is 1. The number of esters is 1. The van der Waals surface area contributed by atoms with Crippen molar-refractivity contribution in [3.63, 3.8) is 0 Å². The van der Waals surface area contributed by atoms with Crippen LogP contribution >= 0.6 is 0 Å². The second-order valence-electron chi connectivity index (χ2n) is 4.09. The number of nitrogens with two attached hydrogens (primary N) is 2. The lowest BCUT2D eigenvalue weighted by molar-refractivity contribution is 0.0526. The fourth-order valence-corrected chi connectivity index (χ4v) is 1.62. The predicted molar refractivity (Wildman–Crippen MR) is 80.0 cm³/mol. The molecule has 1 heterocycles. The van der Waals surface area contributed by atoms with E-state index in [4.69, 9.17) is 16.2 Å². The van der Waals surface area contributed by atoms with E-state index >= 15 is 0 Å². The van der Waals surface area contributed by atoms with Crippen LogP contribution < -0.4 is 11.5 Å². The van der Waals surface area contributed by atoms with Crippen molar-refractivity contribution in [1.82, 2.24) is 15.0 Å². The van der Waals surface area contributed by atoms with Gasteiger partial charge < -0.3 is 16.2 Å². The van der Waals surface area contributed by atoms with Gasteiger partial charge in [-0.05, 0) is 30.7 Å². The smallest absolute Gasteiger partial charge is 0.338 e. The molecule has 21 heavy (non-hydrogen) atoms. The van der Waals surface area contributed by atoms with E-state index in [0.717, 1.165) is 5.56 Å². The number of rotatable bonds is 4. The molecule has 0 saturated heterocycles. The van der Waals surface area contributed by atoms with Crippen molar-refractivity contribution in [3.05, 3.63) is 41.2 Å². The third-order valence-electron chi connectivity index (χ3n) is 2.53. The molecule has 0 aliphatic rings. The SMILES string of the molecule is CCOC(=O)c1ccc(/C=C/c2nc(N)nc(N)n2)cc1. The first-order valence-electron chi connectivity index (χ1n) is 6.31. The average Bonchev–Trinajstić information content (AvgIpc) is 2.45. The number of anilines is 2. The van der Waals surface area contributed by atoms with Crippen LogP contribution in [0.15, 0.2) is 24.3 Å². The van der Waals surface area contributed by atoms with Gasteiger partial charge in [-0.2, -0.15) is 15.0 Å². The first kappa shape index (κ1) is 14.4. The highest BCUT2D eigenvalue weighted by Crippen LogP contribution is 2.10. The molecule has 0 unspecified atom stereocenters. The van der Waals surface area contributed by atoms with E-state index in [-0.39, 0.29) is 17.9 Å². The minimum absolute atomic E-state index is 0.0693. The lowest BCUT2D eigenvalue weighted by Crippen LogP contribution is -2.04. The Labute approximate surface area is 121 Å². The third-order valence-corrected chi connectivity index (χ3v) is 2.53. The zero-order valence-electron chi connectivity index (χ0n) is 11.5. The van der Waals surface area contributed by atoms with Gasteiger partial charge in [-0.3, -0.25) is 0 Å². The second kappa shape index (κ2) is 6.47. The van der Waals surface area contributed by atoms with Gasteiger partial charge in [-0.1, -0.05) is 18.2 Å². The van der Waals surface area contributed by atoms with E-state index in [0.29, 0.717) is 18.0 Å². The van der Waals surface area contributed by atoms with Gasteiger partial charge in [0.2, 0.25) is 11.9 Å². The van der Waals surface area contributed by atoms with Crippen LogP contribution in [0.5, 0.6) is 0 Å². The lowest BCUT2D eigenvalue weighted by Gasteiger charge is -2.01. The van der Waals surface area contributed by atoms with Crippen LogP contribution in [0.4, 0.5) is 11.9 Å². The molecule has 0 spiro atoms. The number of carbonyl (C=O) groups excluding carboxylic acids is 1. The zero-order valence-corrected chi connectivity index (χ0v) is 11.5. The van der Waals surface area contributed by atoms with Crippen molar-refractivity contribution in [3.8, 4) is 0 Å². The van der Waals surface area contributed by atoms with Crippen molar-refractivity contribution in [2.24, 2.45) is 0 Å². The number of nitrogens with zero attached hydrogens (tertiary/aromatic N) is 3. The molecule has 2 rings (SSSR count). The van der Waals surface area contributed by atoms with Crippen molar-refractivity contribution >= 4 is 30.0 Å². The molecule has 0 fully saturated rings. The summed E-state index contributed by atoms with van der Waals surface area (Å²) in [4.78, 5) is 23.1. The summed E-state index contributed by atoms with van der Waals surface area (Å²) >= 11 is 0. The highest BCUT2D eigenvalue weighted by Gasteiger charge is 2.04. The first-order chi connectivity index (χ1) is 10.1. The molecular weight excluding hydrogens is 270 g/mol. The molecule has 0 atom stereocenters. The van der Waals surface area contributed by atoms with E-state index < -0.39 is 0 Å². The van der Waals surface area contributed by atoms with Gasteiger partial charge in [0.25, 0.3) is 0 Å². The summed E-state index contributed by atoms with van der Waals surface area (Å²) in [5.74, 6) is 0.167. The molecule has 7 nitrogen and oxygen atoms in total. The molecule has 0 saturated carbocycles. The summed E-state index contributed by atoms with van der Waals surface area (Å²) in [6.07, 6.45) is 3.44. The summed E-state index contributed by atoms with van der Waals surface area (Å²) in [6, 6.07) is 6.95. The van der Waals surface area contributed by atoms with Gasteiger partial charge in [-0.15, -0.1) is 0 Å². The molecule has 1 aromatic carbocycles. The van der Waals surface area contributed by atoms with Crippen molar-refractivity contribution in [2.75, 3.05) is 18.1 Å². The second-order valence-corrected chi connectivity index (χ2v) is 4.09. The van der Waals surface area contributed by atoms with E-state index in [1.807, 2.05) is 0 Å². The Morgan fingerprint density at radius 2 is 1.71 bits per heavy atom. The topological polar surface area (TPSA) is 117 Å². The largest absolute Gasteiger partial charge is 0.462 e. The van der Waals surface area contributed by atoms with Crippen LogP contribution in [-0.2, 0) is 4.74 Å². The number of carbonyl (C=O) groups is 1. The van der Waals surface area contributed by atoms with Crippen LogP contribution in [0, 0.1) is 0 Å². The van der Waals surface area contributed by atoms with Gasteiger partial charge in [0.1, 0.15) is 0 Å². The Morgan fingerprint density at radius 3 is 2.29 bits per heavy atom. The molecule has 4 N–H and O–H groups in total. The molecule has 0 bridgehead atoms. The molecule has 108 valence electrons. The Morgan fingerprint density at radius 1 is 1.10 bits per heavy atom. The van der Waals surface area contributed by atoms with Gasteiger partial charge >= 0.3 is 5.97 Å². The number of nitrogen functional groups attached to an aromatic ring is 2. The molecule has 0 aliphatic heterocycles. The maximum Gasteiger partial charge on any atom is 0.338 e. The van der Waals surface area contributed by atoms with Crippen LogP contribution in [0.3, 0.4) is 0 Å². The van der Waals surface area contributed by atoms with E-state index in [9.17, 15) is 4.79 Å².